The lowest BCUT2D eigenvalue weighted by Crippen LogP contribution is -2.32. The highest BCUT2D eigenvalue weighted by molar-refractivity contribution is 6.08. The van der Waals surface area contributed by atoms with Gasteiger partial charge in [-0.3, -0.25) is 4.79 Å². The number of ether oxygens (including phenoxy) is 2. The van der Waals surface area contributed by atoms with Crippen LogP contribution in [0, 0.1) is 13.8 Å². The Balaban J connectivity index is 1.85. The van der Waals surface area contributed by atoms with Crippen LogP contribution in [-0.2, 0) is 21.3 Å². The van der Waals surface area contributed by atoms with Gasteiger partial charge in [0.05, 0.1) is 29.6 Å². The molecule has 2 aromatic rings. The van der Waals surface area contributed by atoms with Crippen LogP contribution in [0.15, 0.2) is 10.6 Å². The third-order valence-electron chi connectivity index (χ3n) is 5.20. The average molecular weight is 383 g/mol. The molecule has 0 aromatic carbocycles. The molecular weight excluding hydrogens is 358 g/mol. The maximum absolute atomic E-state index is 12.6. The molecule has 4 rings (SSSR count). The maximum atomic E-state index is 12.6. The van der Waals surface area contributed by atoms with Crippen LogP contribution in [0.4, 0.5) is 0 Å². The van der Waals surface area contributed by atoms with Crippen molar-refractivity contribution in [2.45, 2.75) is 45.8 Å². The fourth-order valence-corrected chi connectivity index (χ4v) is 3.60. The van der Waals surface area contributed by atoms with Crippen molar-refractivity contribution in [1.29, 1.82) is 0 Å². The molecule has 2 aromatic heterocycles. The molecule has 3 heterocycles. The lowest BCUT2D eigenvalue weighted by molar-refractivity contribution is -0.137. The summed E-state index contributed by atoms with van der Waals surface area (Å²) in [4.78, 5) is 17.3. The van der Waals surface area contributed by atoms with Crippen LogP contribution in [-0.4, -0.2) is 40.0 Å². The number of hydrogen-bond donors (Lipinski definition) is 0. The van der Waals surface area contributed by atoms with Crippen molar-refractivity contribution >= 4 is 23.5 Å². The molecule has 2 fully saturated rings. The van der Waals surface area contributed by atoms with E-state index in [1.54, 1.807) is 0 Å². The molecule has 7 heteroatoms. The second-order valence-electron chi connectivity index (χ2n) is 7.28. The van der Waals surface area contributed by atoms with Crippen LogP contribution in [0.25, 0.3) is 17.7 Å². The van der Waals surface area contributed by atoms with Gasteiger partial charge in [0.25, 0.3) is 0 Å². The molecule has 1 saturated heterocycles. The number of carbonyl (C=O) groups excluding carboxylic acids is 1. The molecule has 0 spiro atoms. The van der Waals surface area contributed by atoms with Crippen LogP contribution in [0.1, 0.15) is 48.5 Å². The Morgan fingerprint density at radius 2 is 1.89 bits per heavy atom. The number of Topliss-reactive ketones (excluding diaryl/α,β-unsaturated/α-hetero) is 1. The van der Waals surface area contributed by atoms with E-state index < -0.39 is 6.29 Å². The predicted molar refractivity (Wildman–Crippen MR) is 104 cm³/mol. The fourth-order valence-electron chi connectivity index (χ4n) is 3.60. The first-order valence-corrected chi connectivity index (χ1v) is 9.62. The smallest absolute Gasteiger partial charge is 0.222 e. The minimum atomic E-state index is -0.831. The molecule has 0 N–H and O–H groups in total. The van der Waals surface area contributed by atoms with E-state index in [0.29, 0.717) is 24.5 Å². The lowest BCUT2D eigenvalue weighted by atomic mass is 10.0. The molecule has 0 radical (unpaired) electrons. The first-order valence-electron chi connectivity index (χ1n) is 9.62. The number of carbonyl (C=O) groups is 1. The van der Waals surface area contributed by atoms with Crippen LogP contribution in [0.2, 0.25) is 0 Å². The minimum absolute atomic E-state index is 0.216. The van der Waals surface area contributed by atoms with Gasteiger partial charge in [-0.2, -0.15) is 0 Å². The van der Waals surface area contributed by atoms with Gasteiger partial charge >= 0.3 is 0 Å². The molecule has 1 aliphatic heterocycles. The zero-order valence-electron chi connectivity index (χ0n) is 16.7. The molecule has 7 nitrogen and oxygen atoms in total. The number of nitrogens with zero attached hydrogens (tertiary/aromatic N) is 3. The maximum Gasteiger partial charge on any atom is 0.222 e. The van der Waals surface area contributed by atoms with Gasteiger partial charge in [-0.1, -0.05) is 11.2 Å². The number of aryl methyl sites for hydroxylation is 2. The Morgan fingerprint density at radius 1 is 1.18 bits per heavy atom. The van der Waals surface area contributed by atoms with Gasteiger partial charge < -0.3 is 18.6 Å². The van der Waals surface area contributed by atoms with E-state index in [-0.39, 0.29) is 5.78 Å². The summed E-state index contributed by atoms with van der Waals surface area (Å²) < 4.78 is 18.1. The zero-order chi connectivity index (χ0) is 19.8. The second-order valence-corrected chi connectivity index (χ2v) is 7.28. The zero-order valence-corrected chi connectivity index (χ0v) is 16.7. The van der Waals surface area contributed by atoms with Crippen LogP contribution >= 0.6 is 0 Å². The Bertz CT molecular complexity index is 1030. The standard InChI is InChI=1S/C21H25N3O4/c1-5-14(19-12(2)23-28-13(19)3)10-17-16(11-18(25)21-26-8-9-27-21)22-20(24(17)4)15-6-7-15/h5,10-11,15,21H,6-9H2,1-4H3/b14-5+,16-11-,17-10+. The number of imidazole rings is 1. The first-order chi connectivity index (χ1) is 13.5. The lowest BCUT2D eigenvalue weighted by Gasteiger charge is -2.03. The monoisotopic (exact) mass is 383 g/mol. The van der Waals surface area contributed by atoms with Crippen molar-refractivity contribution < 1.29 is 18.8 Å². The van der Waals surface area contributed by atoms with Crippen molar-refractivity contribution in [3.8, 4) is 0 Å². The molecule has 0 bridgehead atoms. The van der Waals surface area contributed by atoms with Gasteiger partial charge in [0.2, 0.25) is 12.1 Å². The number of ketones is 1. The second kappa shape index (κ2) is 7.48. The van der Waals surface area contributed by atoms with Crippen LogP contribution in [0.3, 0.4) is 0 Å². The largest absolute Gasteiger partial charge is 0.361 e. The predicted octanol–water partition coefficient (Wildman–Crippen LogP) is 1.51. The highest BCUT2D eigenvalue weighted by Gasteiger charge is 2.29. The van der Waals surface area contributed by atoms with E-state index in [4.69, 9.17) is 19.0 Å². The van der Waals surface area contributed by atoms with Gasteiger partial charge in [-0.05, 0) is 45.3 Å². The van der Waals surface area contributed by atoms with E-state index in [9.17, 15) is 4.79 Å². The van der Waals surface area contributed by atoms with Gasteiger partial charge in [0, 0.05) is 24.6 Å². The van der Waals surface area contributed by atoms with Crippen LogP contribution < -0.4 is 10.7 Å². The van der Waals surface area contributed by atoms with E-state index >= 15 is 0 Å². The highest BCUT2D eigenvalue weighted by Crippen LogP contribution is 2.37. The number of allylic oxidation sites excluding steroid dienone is 2. The minimum Gasteiger partial charge on any atom is -0.361 e. The topological polar surface area (TPSA) is 79.4 Å². The van der Waals surface area contributed by atoms with E-state index in [0.717, 1.165) is 46.6 Å². The Labute approximate surface area is 163 Å². The summed E-state index contributed by atoms with van der Waals surface area (Å²) in [6, 6.07) is 0. The molecule has 0 atom stereocenters. The number of hydrogen-bond acceptors (Lipinski definition) is 6. The molecule has 28 heavy (non-hydrogen) atoms. The van der Waals surface area contributed by atoms with Crippen molar-refractivity contribution in [3.05, 3.63) is 39.6 Å². The van der Waals surface area contributed by atoms with Crippen molar-refractivity contribution in [2.75, 3.05) is 13.2 Å². The van der Waals surface area contributed by atoms with Crippen LogP contribution in [0.5, 0.6) is 0 Å². The third kappa shape index (κ3) is 3.47. The molecule has 1 aliphatic carbocycles. The first kappa shape index (κ1) is 18.8. The van der Waals surface area contributed by atoms with Gasteiger partial charge in [0.1, 0.15) is 11.6 Å². The number of rotatable bonds is 5. The third-order valence-corrected chi connectivity index (χ3v) is 5.20. The summed E-state index contributed by atoms with van der Waals surface area (Å²) in [5.41, 5.74) is 2.79. The quantitative estimate of drug-likeness (QED) is 0.779. The summed E-state index contributed by atoms with van der Waals surface area (Å²) in [5.74, 6) is 2.02. The summed E-state index contributed by atoms with van der Waals surface area (Å²) in [5, 5.41) is 5.58. The van der Waals surface area contributed by atoms with Gasteiger partial charge in [-0.15, -0.1) is 0 Å². The van der Waals surface area contributed by atoms with Crippen molar-refractivity contribution in [3.63, 3.8) is 0 Å². The summed E-state index contributed by atoms with van der Waals surface area (Å²) in [6.07, 6.45) is 7.03. The van der Waals surface area contributed by atoms with E-state index in [1.165, 1.54) is 6.08 Å². The SMILES string of the molecule is C\C=C(/C=c1\c(=C\C(=O)C2OCCO2)nc(C2CC2)n1C)c1c(C)noc1C. The summed E-state index contributed by atoms with van der Waals surface area (Å²) >= 11 is 0. The Hall–Kier alpha value is -2.51. The van der Waals surface area contributed by atoms with Gasteiger partial charge in [-0.25, -0.2) is 4.98 Å². The normalized spacial score (nSPS) is 19.8. The van der Waals surface area contributed by atoms with E-state index in [2.05, 4.69) is 9.72 Å². The summed E-state index contributed by atoms with van der Waals surface area (Å²) in [7, 11) is 2.00. The summed E-state index contributed by atoms with van der Waals surface area (Å²) in [6.45, 7) is 6.68. The molecule has 1 saturated carbocycles. The Kier molecular flexibility index (Phi) is 5.03. The highest BCUT2D eigenvalue weighted by atomic mass is 16.7. The molecular formula is C21H25N3O4. The fraction of sp³-hybridized carbons (Fsp3) is 0.476. The molecule has 0 unspecified atom stereocenters. The molecule has 148 valence electrons. The average Bonchev–Trinajstić information content (AvgIpc) is 3.12. The van der Waals surface area contributed by atoms with Gasteiger partial charge in [0.15, 0.2) is 0 Å². The van der Waals surface area contributed by atoms with E-state index in [1.807, 2.05) is 40.0 Å². The molecule has 0 amide bonds. The van der Waals surface area contributed by atoms with Crippen molar-refractivity contribution in [1.82, 2.24) is 14.7 Å². The number of aromatic nitrogens is 3. The van der Waals surface area contributed by atoms with Crippen molar-refractivity contribution in [2.24, 2.45) is 7.05 Å². The Morgan fingerprint density at radius 3 is 2.46 bits per heavy atom. The molecule has 2 aliphatic rings.